The number of carbonyl (C=O) groups is 2. The molecule has 0 radical (unpaired) electrons. The second kappa shape index (κ2) is 12.5. The van der Waals surface area contributed by atoms with Gasteiger partial charge in [0, 0.05) is 26.6 Å². The molecule has 0 spiro atoms. The van der Waals surface area contributed by atoms with Crippen LogP contribution in [0.15, 0.2) is 72.8 Å². The van der Waals surface area contributed by atoms with Crippen LogP contribution in [0.2, 0.25) is 10.0 Å². The van der Waals surface area contributed by atoms with Gasteiger partial charge < -0.3 is 15.5 Å². The molecule has 0 bridgehead atoms. The molecule has 216 valence electrons. The lowest BCUT2D eigenvalue weighted by Crippen LogP contribution is -2.52. The van der Waals surface area contributed by atoms with Crippen LogP contribution in [0.1, 0.15) is 49.3 Å². The van der Waals surface area contributed by atoms with Gasteiger partial charge in [0.15, 0.2) is 0 Å². The van der Waals surface area contributed by atoms with Crippen LogP contribution < -0.4 is 10.6 Å². The normalized spacial score (nSPS) is 21.7. The first-order chi connectivity index (χ1) is 19.7. The Morgan fingerprint density at radius 1 is 0.951 bits per heavy atom. The van der Waals surface area contributed by atoms with Crippen molar-refractivity contribution in [1.29, 1.82) is 0 Å². The largest absolute Gasteiger partial charge is 0.355 e. The smallest absolute Gasteiger partial charge is 0.230 e. The third-order valence-corrected chi connectivity index (χ3v) is 9.54. The van der Waals surface area contributed by atoms with Crippen molar-refractivity contribution in [2.24, 2.45) is 5.92 Å². The topological polar surface area (TPSA) is 61.4 Å². The number of amides is 2. The standard InChI is InChI=1S/C33H36Cl2FN3O2/c1-23(40)38-32(25-5-3-2-4-6-25)15-19-39(20-16-32)18-14-27-22-33(27,26-9-12-29(34)30(35)21-26)31(41)37-17-13-24-7-10-28(36)11-8-24/h2-12,21,27H,13-20,22H2,1H3,(H,37,41)(H,38,40)/t27-,33+/m0/s1. The van der Waals surface area contributed by atoms with Crippen molar-refractivity contribution in [3.63, 3.8) is 0 Å². The van der Waals surface area contributed by atoms with E-state index in [1.54, 1.807) is 25.1 Å². The van der Waals surface area contributed by atoms with Crippen LogP contribution in [-0.4, -0.2) is 42.9 Å². The van der Waals surface area contributed by atoms with Crippen LogP contribution in [-0.2, 0) is 27.0 Å². The number of hydrogen-bond donors (Lipinski definition) is 2. The molecule has 1 saturated heterocycles. The van der Waals surface area contributed by atoms with Gasteiger partial charge in [-0.05, 0) is 85.5 Å². The minimum atomic E-state index is -0.642. The molecule has 2 atom stereocenters. The van der Waals surface area contributed by atoms with Gasteiger partial charge in [-0.3, -0.25) is 9.59 Å². The van der Waals surface area contributed by atoms with Crippen LogP contribution in [0.3, 0.4) is 0 Å². The number of likely N-dealkylation sites (tertiary alicyclic amines) is 1. The predicted octanol–water partition coefficient (Wildman–Crippen LogP) is 6.27. The fourth-order valence-corrected chi connectivity index (χ4v) is 6.72. The number of benzene rings is 3. The summed E-state index contributed by atoms with van der Waals surface area (Å²) in [6, 6.07) is 22.1. The van der Waals surface area contributed by atoms with E-state index in [9.17, 15) is 14.0 Å². The first-order valence-electron chi connectivity index (χ1n) is 14.3. The summed E-state index contributed by atoms with van der Waals surface area (Å²) in [4.78, 5) is 28.2. The molecule has 5 nitrogen and oxygen atoms in total. The minimum Gasteiger partial charge on any atom is -0.355 e. The quantitative estimate of drug-likeness (QED) is 0.290. The molecule has 2 fully saturated rings. The number of piperidine rings is 1. The van der Waals surface area contributed by atoms with E-state index in [0.29, 0.717) is 23.0 Å². The van der Waals surface area contributed by atoms with Gasteiger partial charge in [0.25, 0.3) is 0 Å². The molecule has 5 rings (SSSR count). The van der Waals surface area contributed by atoms with E-state index < -0.39 is 5.41 Å². The Hall–Kier alpha value is -2.93. The Morgan fingerprint density at radius 3 is 2.32 bits per heavy atom. The molecular weight excluding hydrogens is 560 g/mol. The van der Waals surface area contributed by atoms with E-state index in [2.05, 4.69) is 27.7 Å². The summed E-state index contributed by atoms with van der Waals surface area (Å²) in [6.07, 6.45) is 3.93. The molecule has 1 saturated carbocycles. The highest BCUT2D eigenvalue weighted by Crippen LogP contribution is 2.57. The first kappa shape index (κ1) is 29.6. The fourth-order valence-electron chi connectivity index (χ4n) is 6.42. The first-order valence-corrected chi connectivity index (χ1v) is 15.0. The van der Waals surface area contributed by atoms with E-state index in [-0.39, 0.29) is 29.1 Å². The van der Waals surface area contributed by atoms with Crippen molar-refractivity contribution < 1.29 is 14.0 Å². The Bertz CT molecular complexity index is 1380. The van der Waals surface area contributed by atoms with Gasteiger partial charge in [-0.15, -0.1) is 0 Å². The second-order valence-electron chi connectivity index (χ2n) is 11.4. The lowest BCUT2D eigenvalue weighted by molar-refractivity contribution is -0.124. The Kier molecular flexibility index (Phi) is 9.03. The number of rotatable bonds is 10. The molecule has 0 aromatic heterocycles. The highest BCUT2D eigenvalue weighted by Gasteiger charge is 2.60. The lowest BCUT2D eigenvalue weighted by atomic mass is 9.80. The van der Waals surface area contributed by atoms with E-state index in [0.717, 1.165) is 62.0 Å². The summed E-state index contributed by atoms with van der Waals surface area (Å²) in [7, 11) is 0. The fraction of sp³-hybridized carbons (Fsp3) is 0.394. The van der Waals surface area contributed by atoms with Gasteiger partial charge in [-0.25, -0.2) is 4.39 Å². The van der Waals surface area contributed by atoms with Crippen LogP contribution in [0, 0.1) is 11.7 Å². The zero-order valence-electron chi connectivity index (χ0n) is 23.3. The van der Waals surface area contributed by atoms with Gasteiger partial charge in [0.05, 0.1) is 21.0 Å². The molecule has 2 amide bonds. The van der Waals surface area contributed by atoms with Crippen molar-refractivity contribution in [3.05, 3.63) is 105 Å². The molecule has 2 aliphatic rings. The number of nitrogens with zero attached hydrogens (tertiary/aromatic N) is 1. The van der Waals surface area contributed by atoms with Crippen LogP contribution in [0.5, 0.6) is 0 Å². The third-order valence-electron chi connectivity index (χ3n) is 8.80. The van der Waals surface area contributed by atoms with Gasteiger partial charge in [-0.1, -0.05) is 71.7 Å². The van der Waals surface area contributed by atoms with Gasteiger partial charge in [0.2, 0.25) is 11.8 Å². The van der Waals surface area contributed by atoms with E-state index in [4.69, 9.17) is 23.2 Å². The zero-order valence-corrected chi connectivity index (χ0v) is 24.8. The number of hydrogen-bond acceptors (Lipinski definition) is 3. The van der Waals surface area contributed by atoms with Crippen LogP contribution >= 0.6 is 23.2 Å². The minimum absolute atomic E-state index is 0.00426. The molecule has 8 heteroatoms. The molecule has 1 aliphatic heterocycles. The maximum atomic E-state index is 13.7. The van der Waals surface area contributed by atoms with Crippen molar-refractivity contribution in [3.8, 4) is 0 Å². The van der Waals surface area contributed by atoms with E-state index >= 15 is 0 Å². The number of carbonyl (C=O) groups excluding carboxylic acids is 2. The summed E-state index contributed by atoms with van der Waals surface area (Å²) in [5.74, 6) is -0.110. The SMILES string of the molecule is CC(=O)NC1(c2ccccc2)CCN(CC[C@H]2C[C@@]2(C(=O)NCCc2ccc(F)cc2)c2ccc(Cl)c(Cl)c2)CC1. The molecule has 1 aliphatic carbocycles. The van der Waals surface area contributed by atoms with Crippen molar-refractivity contribution in [2.75, 3.05) is 26.2 Å². The van der Waals surface area contributed by atoms with Crippen molar-refractivity contribution >= 4 is 35.0 Å². The van der Waals surface area contributed by atoms with Crippen LogP contribution in [0.25, 0.3) is 0 Å². The maximum absolute atomic E-state index is 13.7. The molecule has 3 aromatic carbocycles. The summed E-state index contributed by atoms with van der Waals surface area (Å²) >= 11 is 12.6. The zero-order chi connectivity index (χ0) is 29.0. The second-order valence-corrected chi connectivity index (χ2v) is 12.2. The summed E-state index contributed by atoms with van der Waals surface area (Å²) in [5.41, 5.74) is 2.02. The Labute approximate surface area is 251 Å². The van der Waals surface area contributed by atoms with E-state index in [1.807, 2.05) is 30.3 Å². The Morgan fingerprint density at radius 2 is 1.66 bits per heavy atom. The van der Waals surface area contributed by atoms with Gasteiger partial charge >= 0.3 is 0 Å². The van der Waals surface area contributed by atoms with Crippen molar-refractivity contribution in [2.45, 2.75) is 50.0 Å². The number of nitrogens with one attached hydrogen (secondary N) is 2. The Balaban J connectivity index is 1.23. The predicted molar refractivity (Wildman–Crippen MR) is 162 cm³/mol. The van der Waals surface area contributed by atoms with Crippen LogP contribution in [0.4, 0.5) is 4.39 Å². The monoisotopic (exact) mass is 595 g/mol. The third kappa shape index (κ3) is 6.61. The molecular formula is C33H36Cl2FN3O2. The summed E-state index contributed by atoms with van der Waals surface area (Å²) in [5, 5.41) is 7.29. The molecule has 0 unspecified atom stereocenters. The summed E-state index contributed by atoms with van der Waals surface area (Å²) < 4.78 is 13.3. The molecule has 1 heterocycles. The van der Waals surface area contributed by atoms with E-state index in [1.165, 1.54) is 12.1 Å². The lowest BCUT2D eigenvalue weighted by Gasteiger charge is -2.42. The highest BCUT2D eigenvalue weighted by atomic mass is 35.5. The molecule has 41 heavy (non-hydrogen) atoms. The van der Waals surface area contributed by atoms with Gasteiger partial charge in [-0.2, -0.15) is 0 Å². The van der Waals surface area contributed by atoms with Gasteiger partial charge in [0.1, 0.15) is 5.82 Å². The maximum Gasteiger partial charge on any atom is 0.230 e. The molecule has 3 aromatic rings. The molecule has 2 N–H and O–H groups in total. The average Bonchev–Trinajstić information content (AvgIpc) is 3.71. The highest BCUT2D eigenvalue weighted by molar-refractivity contribution is 6.42. The van der Waals surface area contributed by atoms with Crippen molar-refractivity contribution in [1.82, 2.24) is 15.5 Å². The average molecular weight is 597 g/mol. The number of halogens is 3. The summed E-state index contributed by atoms with van der Waals surface area (Å²) in [6.45, 7) is 4.66.